The summed E-state index contributed by atoms with van der Waals surface area (Å²) >= 11 is 0. The molecule has 1 atom stereocenters. The molecule has 1 aliphatic rings. The molecule has 0 aliphatic carbocycles. The first-order chi connectivity index (χ1) is 8.15. The van der Waals surface area contributed by atoms with Crippen LogP contribution in [-0.4, -0.2) is 24.4 Å². The molecule has 5 heteroatoms. The highest BCUT2D eigenvalue weighted by molar-refractivity contribution is 6.05. The Labute approximate surface area is 98.2 Å². The maximum atomic E-state index is 12.9. The summed E-state index contributed by atoms with van der Waals surface area (Å²) in [6, 6.07) is 5.87. The second-order valence-electron chi connectivity index (χ2n) is 4.00. The van der Waals surface area contributed by atoms with Crippen molar-refractivity contribution < 1.29 is 14.0 Å². The van der Waals surface area contributed by atoms with Crippen molar-refractivity contribution in [3.8, 4) is 0 Å². The van der Waals surface area contributed by atoms with E-state index >= 15 is 0 Å². The van der Waals surface area contributed by atoms with Crippen LogP contribution in [0.15, 0.2) is 24.3 Å². The van der Waals surface area contributed by atoms with Crippen molar-refractivity contribution in [2.45, 2.75) is 18.9 Å². The van der Waals surface area contributed by atoms with Crippen LogP contribution in [0.5, 0.6) is 0 Å². The Morgan fingerprint density at radius 3 is 2.88 bits per heavy atom. The fourth-order valence-corrected chi connectivity index (χ4v) is 1.80. The Balaban J connectivity index is 1.80. The molecule has 1 heterocycles. The minimum absolute atomic E-state index is 0.183. The summed E-state index contributed by atoms with van der Waals surface area (Å²) in [5, 5.41) is 5.20. The van der Waals surface area contributed by atoms with Crippen LogP contribution in [0.3, 0.4) is 0 Å². The first kappa shape index (κ1) is 11.7. The average molecular weight is 236 g/mol. The van der Waals surface area contributed by atoms with Crippen LogP contribution in [0.1, 0.15) is 12.0 Å². The van der Waals surface area contributed by atoms with Gasteiger partial charge in [-0.1, -0.05) is 12.1 Å². The highest BCUT2D eigenvalue weighted by Gasteiger charge is 2.29. The maximum absolute atomic E-state index is 12.9. The molecule has 0 aromatic heterocycles. The molecule has 1 aliphatic heterocycles. The maximum Gasteiger partial charge on any atom is 0.244 e. The van der Waals surface area contributed by atoms with Crippen molar-refractivity contribution in [3.63, 3.8) is 0 Å². The van der Waals surface area contributed by atoms with Gasteiger partial charge in [0.2, 0.25) is 11.8 Å². The minimum Gasteiger partial charge on any atom is -0.305 e. The zero-order chi connectivity index (χ0) is 12.3. The number of amides is 2. The summed E-state index contributed by atoms with van der Waals surface area (Å²) in [5.41, 5.74) is 0.863. The zero-order valence-corrected chi connectivity index (χ0v) is 9.20. The van der Waals surface area contributed by atoms with Gasteiger partial charge in [0.05, 0.1) is 12.5 Å². The van der Waals surface area contributed by atoms with Gasteiger partial charge in [0, 0.05) is 0 Å². The molecular weight excluding hydrogens is 223 g/mol. The van der Waals surface area contributed by atoms with Crippen molar-refractivity contribution >= 4 is 11.8 Å². The van der Waals surface area contributed by atoms with Crippen molar-refractivity contribution in [3.05, 3.63) is 35.6 Å². The van der Waals surface area contributed by atoms with E-state index in [0.717, 1.165) is 5.56 Å². The summed E-state index contributed by atoms with van der Waals surface area (Å²) < 4.78 is 12.9. The number of hydrogen-bond acceptors (Lipinski definition) is 3. The Hall–Kier alpha value is -1.75. The molecule has 2 amide bonds. The van der Waals surface area contributed by atoms with E-state index < -0.39 is 6.04 Å². The Bertz CT molecular complexity index is 448. The average Bonchev–Trinajstić information content (AvgIpc) is 2.58. The van der Waals surface area contributed by atoms with E-state index in [1.54, 1.807) is 6.07 Å². The van der Waals surface area contributed by atoms with E-state index in [-0.39, 0.29) is 24.1 Å². The number of halogens is 1. The lowest BCUT2D eigenvalue weighted by atomic mass is 10.1. The number of carbonyl (C=O) groups is 2. The first-order valence-electron chi connectivity index (χ1n) is 5.46. The lowest BCUT2D eigenvalue weighted by Crippen LogP contribution is -2.37. The lowest BCUT2D eigenvalue weighted by Gasteiger charge is -2.08. The van der Waals surface area contributed by atoms with Crippen LogP contribution in [0.2, 0.25) is 0 Å². The Morgan fingerprint density at radius 2 is 2.24 bits per heavy atom. The molecule has 0 radical (unpaired) electrons. The summed E-state index contributed by atoms with van der Waals surface area (Å²) in [4.78, 5) is 22.1. The van der Waals surface area contributed by atoms with Gasteiger partial charge in [0.1, 0.15) is 5.82 Å². The van der Waals surface area contributed by atoms with Crippen LogP contribution >= 0.6 is 0 Å². The minimum atomic E-state index is -0.448. The molecule has 0 saturated carbocycles. The van der Waals surface area contributed by atoms with Crippen molar-refractivity contribution in [1.29, 1.82) is 0 Å². The third kappa shape index (κ3) is 3.10. The number of imide groups is 1. The van der Waals surface area contributed by atoms with Crippen molar-refractivity contribution in [2.24, 2.45) is 0 Å². The largest absolute Gasteiger partial charge is 0.305 e. The van der Waals surface area contributed by atoms with E-state index in [9.17, 15) is 14.0 Å². The van der Waals surface area contributed by atoms with Gasteiger partial charge in [0.15, 0.2) is 0 Å². The second kappa shape index (κ2) is 5.05. The van der Waals surface area contributed by atoms with Crippen LogP contribution in [0.4, 0.5) is 4.39 Å². The normalized spacial score (nSPS) is 19.5. The molecule has 90 valence electrons. The SMILES string of the molecule is O=C1CC(NCCc2cccc(F)c2)C(=O)N1. The standard InChI is InChI=1S/C12H13FN2O2/c13-9-3-1-2-8(6-9)4-5-14-10-7-11(16)15-12(10)17/h1-3,6,10,14H,4-5,7H2,(H,15,16,17). The van der Waals surface area contributed by atoms with Gasteiger partial charge in [-0.25, -0.2) is 4.39 Å². The van der Waals surface area contributed by atoms with Gasteiger partial charge in [-0.3, -0.25) is 14.9 Å². The molecule has 1 unspecified atom stereocenters. The van der Waals surface area contributed by atoms with Crippen molar-refractivity contribution in [2.75, 3.05) is 6.54 Å². The lowest BCUT2D eigenvalue weighted by molar-refractivity contribution is -0.125. The van der Waals surface area contributed by atoms with Gasteiger partial charge in [-0.05, 0) is 30.7 Å². The van der Waals surface area contributed by atoms with E-state index in [0.29, 0.717) is 13.0 Å². The number of benzene rings is 1. The molecule has 4 nitrogen and oxygen atoms in total. The number of carbonyl (C=O) groups excluding carboxylic acids is 2. The van der Waals surface area contributed by atoms with Crippen LogP contribution in [0.25, 0.3) is 0 Å². The number of nitrogens with one attached hydrogen (secondary N) is 2. The number of rotatable bonds is 4. The van der Waals surface area contributed by atoms with E-state index in [2.05, 4.69) is 10.6 Å². The summed E-state index contributed by atoms with van der Waals surface area (Å²) in [7, 11) is 0. The molecule has 1 fully saturated rings. The topological polar surface area (TPSA) is 58.2 Å². The van der Waals surface area contributed by atoms with Gasteiger partial charge >= 0.3 is 0 Å². The number of hydrogen-bond donors (Lipinski definition) is 2. The van der Waals surface area contributed by atoms with Gasteiger partial charge in [-0.15, -0.1) is 0 Å². The fraction of sp³-hybridized carbons (Fsp3) is 0.333. The molecule has 2 rings (SSSR count). The quantitative estimate of drug-likeness (QED) is 0.743. The van der Waals surface area contributed by atoms with Crippen LogP contribution < -0.4 is 10.6 Å². The highest BCUT2D eigenvalue weighted by Crippen LogP contribution is 2.05. The third-order valence-electron chi connectivity index (χ3n) is 2.66. The summed E-state index contributed by atoms with van der Waals surface area (Å²) in [6.07, 6.45) is 0.803. The predicted molar refractivity (Wildman–Crippen MR) is 59.7 cm³/mol. The molecule has 0 spiro atoms. The first-order valence-corrected chi connectivity index (χ1v) is 5.46. The summed E-state index contributed by atoms with van der Waals surface area (Å²) in [6.45, 7) is 0.537. The Morgan fingerprint density at radius 1 is 1.41 bits per heavy atom. The van der Waals surface area contributed by atoms with E-state index in [1.165, 1.54) is 12.1 Å². The van der Waals surface area contributed by atoms with E-state index in [1.807, 2.05) is 6.07 Å². The Kier molecular flexibility index (Phi) is 3.49. The molecule has 17 heavy (non-hydrogen) atoms. The monoisotopic (exact) mass is 236 g/mol. The second-order valence-corrected chi connectivity index (χ2v) is 4.00. The molecule has 0 bridgehead atoms. The molecule has 2 N–H and O–H groups in total. The van der Waals surface area contributed by atoms with E-state index in [4.69, 9.17) is 0 Å². The fourth-order valence-electron chi connectivity index (χ4n) is 1.80. The molecule has 1 aromatic rings. The summed E-state index contributed by atoms with van der Waals surface area (Å²) in [5.74, 6) is -0.802. The smallest absolute Gasteiger partial charge is 0.244 e. The van der Waals surface area contributed by atoms with Gasteiger partial charge in [0.25, 0.3) is 0 Å². The molecular formula is C12H13FN2O2. The van der Waals surface area contributed by atoms with Crippen LogP contribution in [0, 0.1) is 5.82 Å². The zero-order valence-electron chi connectivity index (χ0n) is 9.20. The molecule has 1 aromatic carbocycles. The van der Waals surface area contributed by atoms with Crippen LogP contribution in [-0.2, 0) is 16.0 Å². The highest BCUT2D eigenvalue weighted by atomic mass is 19.1. The van der Waals surface area contributed by atoms with Gasteiger partial charge in [-0.2, -0.15) is 0 Å². The van der Waals surface area contributed by atoms with Crippen molar-refractivity contribution in [1.82, 2.24) is 10.6 Å². The molecule has 1 saturated heterocycles. The van der Waals surface area contributed by atoms with Gasteiger partial charge < -0.3 is 5.32 Å². The third-order valence-corrected chi connectivity index (χ3v) is 2.66. The predicted octanol–water partition coefficient (Wildman–Crippen LogP) is 0.373.